The summed E-state index contributed by atoms with van der Waals surface area (Å²) in [5, 5.41) is 9.41. The van der Waals surface area contributed by atoms with E-state index in [4.69, 9.17) is 0 Å². The summed E-state index contributed by atoms with van der Waals surface area (Å²) < 4.78 is 0. The average molecular weight is 293 g/mol. The van der Waals surface area contributed by atoms with Gasteiger partial charge in [0.15, 0.2) is 0 Å². The summed E-state index contributed by atoms with van der Waals surface area (Å²) in [6.07, 6.45) is 9.74. The van der Waals surface area contributed by atoms with Gasteiger partial charge in [0.1, 0.15) is 0 Å². The molecule has 0 radical (unpaired) electrons. The Morgan fingerprint density at radius 2 is 1.71 bits per heavy atom. The van der Waals surface area contributed by atoms with Crippen LogP contribution in [0.1, 0.15) is 72.1 Å². The van der Waals surface area contributed by atoms with Crippen molar-refractivity contribution in [2.24, 2.45) is 17.3 Å². The van der Waals surface area contributed by atoms with E-state index in [2.05, 4.69) is 25.7 Å². The molecule has 3 rings (SSSR count). The lowest BCUT2D eigenvalue weighted by atomic mass is 9.68. The molecule has 0 aromatic rings. The van der Waals surface area contributed by atoms with Crippen LogP contribution in [0, 0.1) is 17.3 Å². The summed E-state index contributed by atoms with van der Waals surface area (Å²) >= 11 is 0. The number of carboxylic acid groups (broad SMARTS) is 1. The van der Waals surface area contributed by atoms with Crippen molar-refractivity contribution in [3.63, 3.8) is 0 Å². The van der Waals surface area contributed by atoms with Crippen LogP contribution in [0.3, 0.4) is 0 Å². The maximum atomic E-state index is 11.4. The molecule has 1 aliphatic carbocycles. The topological polar surface area (TPSA) is 40.5 Å². The van der Waals surface area contributed by atoms with Gasteiger partial charge in [-0.1, -0.05) is 27.2 Å². The molecule has 1 N–H and O–H groups in total. The van der Waals surface area contributed by atoms with Gasteiger partial charge >= 0.3 is 5.97 Å². The van der Waals surface area contributed by atoms with Gasteiger partial charge in [0.25, 0.3) is 0 Å². The van der Waals surface area contributed by atoms with Crippen molar-refractivity contribution >= 4 is 5.97 Å². The molecule has 1 saturated carbocycles. The van der Waals surface area contributed by atoms with E-state index in [1.807, 2.05) is 0 Å². The highest BCUT2D eigenvalue weighted by Gasteiger charge is 2.52. The Morgan fingerprint density at radius 1 is 1.10 bits per heavy atom. The first-order chi connectivity index (χ1) is 9.94. The number of aliphatic carboxylic acids is 1. The molecule has 2 bridgehead atoms. The molecule has 21 heavy (non-hydrogen) atoms. The van der Waals surface area contributed by atoms with E-state index in [0.717, 1.165) is 18.8 Å². The number of nitrogens with zero attached hydrogens (tertiary/aromatic N) is 1. The second-order valence-electron chi connectivity index (χ2n) is 8.27. The zero-order chi connectivity index (χ0) is 15.2. The standard InChI is InChI=1S/C18H31NO2/c1-4-18(2,3)12-5-7-13(8-6-12)19-14-9-10-16(19)15(11-14)17(20)21/h12-16H,4-11H2,1-3H3,(H,20,21). The predicted octanol–water partition coefficient (Wildman–Crippen LogP) is 3.92. The minimum absolute atomic E-state index is 0.0893. The van der Waals surface area contributed by atoms with Crippen molar-refractivity contribution in [3.05, 3.63) is 0 Å². The third kappa shape index (κ3) is 2.62. The number of carbonyl (C=O) groups is 1. The molecule has 0 spiro atoms. The van der Waals surface area contributed by atoms with Crippen LogP contribution in [-0.4, -0.2) is 34.1 Å². The summed E-state index contributed by atoms with van der Waals surface area (Å²) in [6.45, 7) is 7.14. The van der Waals surface area contributed by atoms with Gasteiger partial charge in [-0.2, -0.15) is 0 Å². The molecule has 3 unspecified atom stereocenters. The van der Waals surface area contributed by atoms with Crippen LogP contribution in [0.25, 0.3) is 0 Å². The predicted molar refractivity (Wildman–Crippen MR) is 84.2 cm³/mol. The fraction of sp³-hybridized carbons (Fsp3) is 0.944. The van der Waals surface area contributed by atoms with Crippen LogP contribution in [0.5, 0.6) is 0 Å². The molecule has 2 aliphatic heterocycles. The van der Waals surface area contributed by atoms with E-state index in [9.17, 15) is 9.90 Å². The highest BCUT2D eigenvalue weighted by molar-refractivity contribution is 5.71. The number of hydrogen-bond donors (Lipinski definition) is 1. The lowest BCUT2D eigenvalue weighted by Gasteiger charge is -2.42. The molecule has 0 amide bonds. The van der Waals surface area contributed by atoms with E-state index in [-0.39, 0.29) is 5.92 Å². The third-order valence-electron chi connectivity index (χ3n) is 7.04. The number of rotatable bonds is 4. The minimum atomic E-state index is -0.562. The summed E-state index contributed by atoms with van der Waals surface area (Å²) in [5.74, 6) is 0.204. The van der Waals surface area contributed by atoms with E-state index in [1.165, 1.54) is 38.5 Å². The molecule has 0 aromatic heterocycles. The highest BCUT2D eigenvalue weighted by Crippen LogP contribution is 2.48. The van der Waals surface area contributed by atoms with Gasteiger partial charge in [-0.05, 0) is 56.3 Å². The summed E-state index contributed by atoms with van der Waals surface area (Å²) in [4.78, 5) is 14.0. The van der Waals surface area contributed by atoms with Gasteiger partial charge in [-0.3, -0.25) is 9.69 Å². The van der Waals surface area contributed by atoms with Crippen molar-refractivity contribution in [1.29, 1.82) is 0 Å². The molecule has 2 heterocycles. The molecule has 3 heteroatoms. The molecular formula is C18H31NO2. The molecule has 120 valence electrons. The molecule has 3 aliphatic rings. The fourth-order valence-corrected chi connectivity index (χ4v) is 5.31. The van der Waals surface area contributed by atoms with Crippen LogP contribution < -0.4 is 0 Å². The Bertz CT molecular complexity index is 398. The Kier molecular flexibility index (Phi) is 4.06. The van der Waals surface area contributed by atoms with Gasteiger partial charge in [-0.15, -0.1) is 0 Å². The van der Waals surface area contributed by atoms with Crippen LogP contribution in [0.15, 0.2) is 0 Å². The van der Waals surface area contributed by atoms with E-state index in [1.54, 1.807) is 0 Å². The first-order valence-corrected chi connectivity index (χ1v) is 8.94. The Morgan fingerprint density at radius 3 is 2.24 bits per heavy atom. The van der Waals surface area contributed by atoms with Gasteiger partial charge in [0.2, 0.25) is 0 Å². The van der Waals surface area contributed by atoms with Crippen LogP contribution in [0.2, 0.25) is 0 Å². The quantitative estimate of drug-likeness (QED) is 0.854. The summed E-state index contributed by atoms with van der Waals surface area (Å²) in [6, 6.07) is 1.57. The Balaban J connectivity index is 1.62. The SMILES string of the molecule is CCC(C)(C)C1CCC(N2C3CCC2C(C(=O)O)C3)CC1. The molecule has 3 atom stereocenters. The first kappa shape index (κ1) is 15.3. The lowest BCUT2D eigenvalue weighted by Crippen LogP contribution is -2.44. The first-order valence-electron chi connectivity index (χ1n) is 8.94. The van der Waals surface area contributed by atoms with Gasteiger partial charge < -0.3 is 5.11 Å². The Hall–Kier alpha value is -0.570. The van der Waals surface area contributed by atoms with Crippen molar-refractivity contribution in [2.45, 2.75) is 90.3 Å². The van der Waals surface area contributed by atoms with E-state index >= 15 is 0 Å². The van der Waals surface area contributed by atoms with E-state index < -0.39 is 5.97 Å². The van der Waals surface area contributed by atoms with Gasteiger partial charge in [0.05, 0.1) is 5.92 Å². The highest BCUT2D eigenvalue weighted by atomic mass is 16.4. The number of carboxylic acids is 1. The van der Waals surface area contributed by atoms with Crippen molar-refractivity contribution < 1.29 is 9.90 Å². The largest absolute Gasteiger partial charge is 0.481 e. The van der Waals surface area contributed by atoms with Gasteiger partial charge in [-0.25, -0.2) is 0 Å². The molecule has 0 aromatic carbocycles. The van der Waals surface area contributed by atoms with Crippen molar-refractivity contribution in [3.8, 4) is 0 Å². The molecule has 3 fully saturated rings. The zero-order valence-corrected chi connectivity index (χ0v) is 13.8. The second-order valence-corrected chi connectivity index (χ2v) is 8.27. The molecule has 2 saturated heterocycles. The minimum Gasteiger partial charge on any atom is -0.481 e. The molecular weight excluding hydrogens is 262 g/mol. The zero-order valence-electron chi connectivity index (χ0n) is 13.8. The van der Waals surface area contributed by atoms with Crippen molar-refractivity contribution in [1.82, 2.24) is 4.90 Å². The number of hydrogen-bond acceptors (Lipinski definition) is 2. The van der Waals surface area contributed by atoms with Crippen LogP contribution in [0.4, 0.5) is 0 Å². The summed E-state index contributed by atoms with van der Waals surface area (Å²) in [7, 11) is 0. The third-order valence-corrected chi connectivity index (χ3v) is 7.04. The maximum absolute atomic E-state index is 11.4. The normalized spacial score (nSPS) is 40.6. The maximum Gasteiger partial charge on any atom is 0.308 e. The number of fused-ring (bicyclic) bond motifs is 2. The lowest BCUT2D eigenvalue weighted by molar-refractivity contribution is -0.142. The summed E-state index contributed by atoms with van der Waals surface area (Å²) in [5.41, 5.74) is 0.471. The Labute approximate surface area is 129 Å². The van der Waals surface area contributed by atoms with E-state index in [0.29, 0.717) is 23.5 Å². The smallest absolute Gasteiger partial charge is 0.308 e. The average Bonchev–Trinajstić information content (AvgIpc) is 3.05. The van der Waals surface area contributed by atoms with Crippen LogP contribution >= 0.6 is 0 Å². The second kappa shape index (κ2) is 5.57. The van der Waals surface area contributed by atoms with Crippen LogP contribution in [-0.2, 0) is 4.79 Å². The molecule has 3 nitrogen and oxygen atoms in total. The monoisotopic (exact) mass is 293 g/mol. The van der Waals surface area contributed by atoms with Gasteiger partial charge in [0, 0.05) is 18.1 Å². The van der Waals surface area contributed by atoms with Crippen molar-refractivity contribution in [2.75, 3.05) is 0 Å². The fourth-order valence-electron chi connectivity index (χ4n) is 5.31.